The van der Waals surface area contributed by atoms with Crippen LogP contribution in [-0.2, 0) is 31.1 Å². The number of alkyl halides is 3. The van der Waals surface area contributed by atoms with Gasteiger partial charge in [-0.3, -0.25) is 9.69 Å². The maximum Gasteiger partial charge on any atom is 0.416 e. The van der Waals surface area contributed by atoms with Gasteiger partial charge in [0, 0.05) is 24.2 Å². The Bertz CT molecular complexity index is 1610. The van der Waals surface area contributed by atoms with E-state index in [1.807, 2.05) is 0 Å². The van der Waals surface area contributed by atoms with Gasteiger partial charge < -0.3 is 19.1 Å². The number of anilines is 1. The molecule has 0 radical (unpaired) electrons. The number of rotatable bonds is 9. The molecule has 0 aliphatic carbocycles. The molecule has 2 aromatic carbocycles. The molecule has 1 aliphatic rings. The van der Waals surface area contributed by atoms with Gasteiger partial charge in [0.05, 0.1) is 38.5 Å². The molecule has 1 aliphatic heterocycles. The van der Waals surface area contributed by atoms with Gasteiger partial charge in [0.2, 0.25) is 5.88 Å². The predicted octanol–water partition coefficient (Wildman–Crippen LogP) is 4.77. The third kappa shape index (κ3) is 5.63. The van der Waals surface area contributed by atoms with E-state index in [1.165, 1.54) is 36.7 Å². The highest BCUT2D eigenvalue weighted by Gasteiger charge is 2.41. The van der Waals surface area contributed by atoms with Gasteiger partial charge in [-0.25, -0.2) is 4.39 Å². The molecule has 3 heterocycles. The zero-order chi connectivity index (χ0) is 29.3. The van der Waals surface area contributed by atoms with Crippen LogP contribution in [0.3, 0.4) is 0 Å². The van der Waals surface area contributed by atoms with Gasteiger partial charge >= 0.3 is 6.18 Å². The van der Waals surface area contributed by atoms with Gasteiger partial charge in [-0.05, 0) is 59.5 Å². The van der Waals surface area contributed by atoms with E-state index < -0.39 is 23.5 Å². The molecule has 0 bridgehead atoms. The van der Waals surface area contributed by atoms with E-state index in [1.54, 1.807) is 24.6 Å². The summed E-state index contributed by atoms with van der Waals surface area (Å²) in [7, 11) is 1.70. The van der Waals surface area contributed by atoms with E-state index >= 15 is 0 Å². The number of nitrogens with zero attached hydrogens (tertiary/aromatic N) is 5. The Kier molecular flexibility index (Phi) is 7.74. The molecule has 0 saturated heterocycles. The zero-order valence-corrected chi connectivity index (χ0v) is 22.1. The Morgan fingerprint density at radius 2 is 1.88 bits per heavy atom. The van der Waals surface area contributed by atoms with Crippen LogP contribution in [0.2, 0.25) is 0 Å². The van der Waals surface area contributed by atoms with Crippen LogP contribution in [0.15, 0.2) is 48.8 Å². The van der Waals surface area contributed by atoms with E-state index in [2.05, 4.69) is 15.2 Å². The van der Waals surface area contributed by atoms with Gasteiger partial charge in [-0.15, -0.1) is 10.2 Å². The van der Waals surface area contributed by atoms with Crippen LogP contribution in [0.4, 0.5) is 23.4 Å². The monoisotopic (exact) mass is 571 g/mol. The summed E-state index contributed by atoms with van der Waals surface area (Å²) in [5, 5.41) is 16.9. The lowest BCUT2D eigenvalue weighted by molar-refractivity contribution is -0.138. The first-order chi connectivity index (χ1) is 19.6. The average Bonchev–Trinajstić information content (AvgIpc) is 3.50. The van der Waals surface area contributed by atoms with Crippen molar-refractivity contribution in [2.45, 2.75) is 26.3 Å². The number of aromatic nitrogens is 4. The fourth-order valence-corrected chi connectivity index (χ4v) is 4.73. The molecule has 0 saturated carbocycles. The van der Waals surface area contributed by atoms with Crippen LogP contribution in [-0.4, -0.2) is 50.6 Å². The number of aliphatic hydroxyl groups is 1. The highest BCUT2D eigenvalue weighted by molar-refractivity contribution is 6.10. The molecule has 2 aromatic heterocycles. The Morgan fingerprint density at radius 1 is 1.07 bits per heavy atom. The Labute approximate surface area is 232 Å². The molecule has 0 atom stereocenters. The molecule has 1 amide bonds. The molecular weight excluding hydrogens is 546 g/mol. The number of carbonyl (C=O) groups excluding carboxylic acids is 1. The lowest BCUT2D eigenvalue weighted by Gasteiger charge is -2.18. The van der Waals surface area contributed by atoms with Crippen molar-refractivity contribution in [2.75, 3.05) is 24.7 Å². The molecular formula is C28H25F4N5O4. The van der Waals surface area contributed by atoms with Crippen LogP contribution < -0.4 is 9.64 Å². The number of amides is 1. The van der Waals surface area contributed by atoms with Crippen LogP contribution in [0.5, 0.6) is 5.88 Å². The normalized spacial score (nSPS) is 13.1. The molecule has 1 N–H and O–H groups in total. The standard InChI is InChI=1S/C28H25F4N5O4/c1-3-41-25-11-17(19-5-4-18(29)12-20(19)26-35-33-15-36(26)2)10-24(34-25)37-13-22-21(27(37)39)8-16(14-40-7-6-38)9-23(22)28(30,31)32/h4-5,8-12,15,38H,3,6-7,13-14H2,1-2H3. The number of benzene rings is 2. The second-order valence-electron chi connectivity index (χ2n) is 9.28. The molecule has 0 unspecified atom stereocenters. The molecule has 5 rings (SSSR count). The minimum absolute atomic E-state index is 0.0604. The summed E-state index contributed by atoms with van der Waals surface area (Å²) in [5.74, 6) is -0.604. The van der Waals surface area contributed by atoms with Crippen LogP contribution in [0.25, 0.3) is 22.5 Å². The van der Waals surface area contributed by atoms with E-state index in [0.717, 1.165) is 11.0 Å². The van der Waals surface area contributed by atoms with Crippen LogP contribution in [0.1, 0.15) is 34.0 Å². The first kappa shape index (κ1) is 28.2. The third-order valence-electron chi connectivity index (χ3n) is 6.51. The Balaban J connectivity index is 1.61. The Morgan fingerprint density at radius 3 is 2.56 bits per heavy atom. The fraction of sp³-hybridized carbons (Fsp3) is 0.286. The summed E-state index contributed by atoms with van der Waals surface area (Å²) >= 11 is 0. The number of hydrogen-bond acceptors (Lipinski definition) is 7. The number of aryl methyl sites for hydroxylation is 1. The number of halogens is 4. The van der Waals surface area contributed by atoms with E-state index in [0.29, 0.717) is 22.5 Å². The molecule has 214 valence electrons. The topological polar surface area (TPSA) is 103 Å². The third-order valence-corrected chi connectivity index (χ3v) is 6.51. The van der Waals surface area contributed by atoms with Gasteiger partial charge in [0.1, 0.15) is 18.0 Å². The lowest BCUT2D eigenvalue weighted by Crippen LogP contribution is -2.24. The van der Waals surface area contributed by atoms with Crippen molar-refractivity contribution in [1.82, 2.24) is 19.7 Å². The minimum Gasteiger partial charge on any atom is -0.478 e. The van der Waals surface area contributed by atoms with Gasteiger partial charge in [-0.1, -0.05) is 6.07 Å². The molecule has 41 heavy (non-hydrogen) atoms. The number of carbonyl (C=O) groups is 1. The van der Waals surface area contributed by atoms with Gasteiger partial charge in [-0.2, -0.15) is 18.2 Å². The highest BCUT2D eigenvalue weighted by Crippen LogP contribution is 2.41. The average molecular weight is 572 g/mol. The van der Waals surface area contributed by atoms with E-state index in [9.17, 15) is 22.4 Å². The van der Waals surface area contributed by atoms with Crippen molar-refractivity contribution < 1.29 is 36.9 Å². The molecule has 0 fully saturated rings. The smallest absolute Gasteiger partial charge is 0.416 e. The first-order valence-electron chi connectivity index (χ1n) is 12.6. The van der Waals surface area contributed by atoms with E-state index in [-0.39, 0.29) is 61.4 Å². The predicted molar refractivity (Wildman–Crippen MR) is 139 cm³/mol. The second kappa shape index (κ2) is 11.3. The quantitative estimate of drug-likeness (QED) is 0.228. The largest absolute Gasteiger partial charge is 0.478 e. The van der Waals surface area contributed by atoms with E-state index in [4.69, 9.17) is 14.6 Å². The molecule has 9 nitrogen and oxygen atoms in total. The van der Waals surface area contributed by atoms with Crippen molar-refractivity contribution in [2.24, 2.45) is 7.05 Å². The minimum atomic E-state index is -4.72. The van der Waals surface area contributed by atoms with Crippen molar-refractivity contribution in [3.63, 3.8) is 0 Å². The first-order valence-corrected chi connectivity index (χ1v) is 12.6. The van der Waals surface area contributed by atoms with Crippen molar-refractivity contribution in [3.05, 3.63) is 76.9 Å². The SMILES string of the molecule is CCOc1cc(-c2ccc(F)cc2-c2nncn2C)cc(N2Cc3c(cc(COCCO)cc3C(F)(F)F)C2=O)n1. The number of pyridine rings is 1. The molecule has 13 heteroatoms. The van der Waals surface area contributed by atoms with Crippen molar-refractivity contribution in [3.8, 4) is 28.4 Å². The lowest BCUT2D eigenvalue weighted by atomic mass is 9.99. The number of aliphatic hydroxyl groups excluding tert-OH is 1. The number of fused-ring (bicyclic) bond motifs is 1. The number of ether oxygens (including phenoxy) is 2. The van der Waals surface area contributed by atoms with Crippen molar-refractivity contribution >= 4 is 11.7 Å². The van der Waals surface area contributed by atoms with Crippen molar-refractivity contribution in [1.29, 1.82) is 0 Å². The summed E-state index contributed by atoms with van der Waals surface area (Å²) in [6.45, 7) is 1.04. The van der Waals surface area contributed by atoms with Crippen LogP contribution >= 0.6 is 0 Å². The summed E-state index contributed by atoms with van der Waals surface area (Å²) in [4.78, 5) is 19.1. The maximum atomic E-state index is 14.3. The molecule has 0 spiro atoms. The van der Waals surface area contributed by atoms with Gasteiger partial charge in [0.25, 0.3) is 5.91 Å². The molecule has 4 aromatic rings. The highest BCUT2D eigenvalue weighted by atomic mass is 19.4. The Hall–Kier alpha value is -4.36. The zero-order valence-electron chi connectivity index (χ0n) is 22.1. The fourth-order valence-electron chi connectivity index (χ4n) is 4.73. The van der Waals surface area contributed by atoms with Gasteiger partial charge in [0.15, 0.2) is 5.82 Å². The van der Waals surface area contributed by atoms with Crippen LogP contribution in [0, 0.1) is 5.82 Å². The summed E-state index contributed by atoms with van der Waals surface area (Å²) in [6, 6.07) is 9.56. The maximum absolute atomic E-state index is 14.3. The summed E-state index contributed by atoms with van der Waals surface area (Å²) in [5.41, 5.74) is 0.320. The second-order valence-corrected chi connectivity index (χ2v) is 9.28. The number of hydrogen-bond donors (Lipinski definition) is 1. The summed E-state index contributed by atoms with van der Waals surface area (Å²) < 4.78 is 69.0. The summed E-state index contributed by atoms with van der Waals surface area (Å²) in [6.07, 6.45) is -3.26.